The summed E-state index contributed by atoms with van der Waals surface area (Å²) in [6.07, 6.45) is 7.37. The summed E-state index contributed by atoms with van der Waals surface area (Å²) in [6, 6.07) is 7.39. The average Bonchev–Trinajstić information content (AvgIpc) is 2.77. The molecule has 0 heterocycles. The minimum atomic E-state index is -0.0745. The Kier molecular flexibility index (Phi) is 6.90. The highest BCUT2D eigenvalue weighted by Crippen LogP contribution is 2.19. The maximum Gasteiger partial charge on any atom is 0.223 e. The molecule has 1 aliphatic rings. The molecule has 0 atom stereocenters. The van der Waals surface area contributed by atoms with Crippen molar-refractivity contribution in [2.24, 2.45) is 0 Å². The summed E-state index contributed by atoms with van der Waals surface area (Å²) in [4.78, 5) is 25.6. The first-order valence-electron chi connectivity index (χ1n) is 8.39. The van der Waals surface area contributed by atoms with Gasteiger partial charge in [-0.15, -0.1) is 0 Å². The third-order valence-corrected chi connectivity index (χ3v) is 4.55. The molecule has 1 N–H and O–H groups in total. The zero-order valence-corrected chi connectivity index (χ0v) is 14.4. The molecule has 0 saturated heterocycles. The van der Waals surface area contributed by atoms with Crippen LogP contribution in [0.1, 0.15) is 51.9 Å². The molecule has 1 aliphatic carbocycles. The van der Waals surface area contributed by atoms with Crippen LogP contribution in [0.25, 0.3) is 0 Å². The molecule has 0 aromatic heterocycles. The number of halogens is 1. The SMILES string of the molecule is CC(=O)N(CCC(=O)NC1CCCCCC1)c1ccc(Cl)cc1. The van der Waals surface area contributed by atoms with Crippen LogP contribution in [-0.2, 0) is 9.59 Å². The highest BCUT2D eigenvalue weighted by molar-refractivity contribution is 6.30. The number of amides is 2. The fraction of sp³-hybridized carbons (Fsp3) is 0.556. The first-order chi connectivity index (χ1) is 11.1. The Morgan fingerprint density at radius 1 is 1.13 bits per heavy atom. The number of nitrogens with one attached hydrogen (secondary N) is 1. The van der Waals surface area contributed by atoms with Gasteiger partial charge in [0.2, 0.25) is 11.8 Å². The number of rotatable bonds is 5. The Morgan fingerprint density at radius 2 is 1.74 bits per heavy atom. The van der Waals surface area contributed by atoms with E-state index in [-0.39, 0.29) is 11.8 Å². The van der Waals surface area contributed by atoms with Crippen LogP contribution in [0, 0.1) is 0 Å². The Labute approximate surface area is 143 Å². The number of anilines is 1. The van der Waals surface area contributed by atoms with E-state index in [2.05, 4.69) is 5.32 Å². The summed E-state index contributed by atoms with van der Waals surface area (Å²) in [5, 5.41) is 3.74. The lowest BCUT2D eigenvalue weighted by Gasteiger charge is -2.22. The monoisotopic (exact) mass is 336 g/mol. The Bertz CT molecular complexity index is 522. The second-order valence-corrected chi connectivity index (χ2v) is 6.59. The molecule has 2 amide bonds. The number of carbonyl (C=O) groups excluding carboxylic acids is 2. The second kappa shape index (κ2) is 8.92. The standard InChI is InChI=1S/C18H25ClN2O2/c1-14(22)21(17-10-8-15(19)9-11-17)13-12-18(23)20-16-6-4-2-3-5-7-16/h8-11,16H,2-7,12-13H2,1H3,(H,20,23). The Morgan fingerprint density at radius 3 is 2.30 bits per heavy atom. The van der Waals surface area contributed by atoms with Crippen LogP contribution in [0.3, 0.4) is 0 Å². The first-order valence-corrected chi connectivity index (χ1v) is 8.77. The summed E-state index contributed by atoms with van der Waals surface area (Å²) in [5.74, 6) is -0.0493. The number of benzene rings is 1. The minimum Gasteiger partial charge on any atom is -0.353 e. The minimum absolute atomic E-state index is 0.0251. The van der Waals surface area contributed by atoms with Crippen molar-refractivity contribution < 1.29 is 9.59 Å². The zero-order chi connectivity index (χ0) is 16.7. The van der Waals surface area contributed by atoms with Gasteiger partial charge in [0.25, 0.3) is 0 Å². The zero-order valence-electron chi connectivity index (χ0n) is 13.7. The summed E-state index contributed by atoms with van der Waals surface area (Å²) < 4.78 is 0. The average molecular weight is 337 g/mol. The van der Waals surface area contributed by atoms with E-state index in [0.29, 0.717) is 24.0 Å². The van der Waals surface area contributed by atoms with Crippen molar-refractivity contribution in [1.29, 1.82) is 0 Å². The Hall–Kier alpha value is -1.55. The molecule has 0 spiro atoms. The lowest BCUT2D eigenvalue weighted by molar-refractivity contribution is -0.121. The van der Waals surface area contributed by atoms with Crippen LogP contribution < -0.4 is 10.2 Å². The van der Waals surface area contributed by atoms with E-state index in [1.54, 1.807) is 29.2 Å². The highest BCUT2D eigenvalue weighted by Gasteiger charge is 2.17. The highest BCUT2D eigenvalue weighted by atomic mass is 35.5. The molecule has 0 bridgehead atoms. The van der Waals surface area contributed by atoms with E-state index in [4.69, 9.17) is 11.6 Å². The molecule has 0 radical (unpaired) electrons. The van der Waals surface area contributed by atoms with E-state index in [1.165, 1.54) is 32.6 Å². The van der Waals surface area contributed by atoms with Gasteiger partial charge in [0.15, 0.2) is 0 Å². The van der Waals surface area contributed by atoms with Gasteiger partial charge < -0.3 is 10.2 Å². The van der Waals surface area contributed by atoms with Gasteiger partial charge >= 0.3 is 0 Å². The fourth-order valence-corrected chi connectivity index (χ4v) is 3.15. The summed E-state index contributed by atoms with van der Waals surface area (Å²) >= 11 is 5.88. The topological polar surface area (TPSA) is 49.4 Å². The molecule has 4 nitrogen and oxygen atoms in total. The fourth-order valence-electron chi connectivity index (χ4n) is 3.03. The Balaban J connectivity index is 1.86. The van der Waals surface area contributed by atoms with E-state index in [1.807, 2.05) is 0 Å². The van der Waals surface area contributed by atoms with Crippen LogP contribution in [0.5, 0.6) is 0 Å². The largest absolute Gasteiger partial charge is 0.353 e. The van der Waals surface area contributed by atoms with Gasteiger partial charge in [0.05, 0.1) is 0 Å². The van der Waals surface area contributed by atoms with Gasteiger partial charge in [-0.2, -0.15) is 0 Å². The quantitative estimate of drug-likeness (QED) is 0.828. The van der Waals surface area contributed by atoms with Crippen molar-refractivity contribution in [2.75, 3.05) is 11.4 Å². The van der Waals surface area contributed by atoms with Crippen LogP contribution in [-0.4, -0.2) is 24.4 Å². The molecule has 23 heavy (non-hydrogen) atoms. The molecule has 1 saturated carbocycles. The van der Waals surface area contributed by atoms with Gasteiger partial charge in [0, 0.05) is 36.6 Å². The number of hydrogen-bond donors (Lipinski definition) is 1. The van der Waals surface area contributed by atoms with Gasteiger partial charge in [-0.1, -0.05) is 37.3 Å². The van der Waals surface area contributed by atoms with E-state index in [0.717, 1.165) is 18.5 Å². The molecule has 1 aromatic rings. The van der Waals surface area contributed by atoms with Gasteiger partial charge in [-0.05, 0) is 37.1 Å². The van der Waals surface area contributed by atoms with Crippen LogP contribution in [0.15, 0.2) is 24.3 Å². The molecule has 1 fully saturated rings. The second-order valence-electron chi connectivity index (χ2n) is 6.15. The lowest BCUT2D eigenvalue weighted by atomic mass is 10.1. The molecule has 2 rings (SSSR count). The maximum absolute atomic E-state index is 12.2. The summed E-state index contributed by atoms with van der Waals surface area (Å²) in [7, 11) is 0. The smallest absolute Gasteiger partial charge is 0.223 e. The van der Waals surface area contributed by atoms with Gasteiger partial charge in [-0.3, -0.25) is 9.59 Å². The maximum atomic E-state index is 12.2. The third kappa shape index (κ3) is 5.87. The van der Waals surface area contributed by atoms with Crippen molar-refractivity contribution in [1.82, 2.24) is 5.32 Å². The predicted octanol–water partition coefficient (Wildman–Crippen LogP) is 3.92. The van der Waals surface area contributed by atoms with Gasteiger partial charge in [0.1, 0.15) is 0 Å². The summed E-state index contributed by atoms with van der Waals surface area (Å²) in [6.45, 7) is 1.90. The summed E-state index contributed by atoms with van der Waals surface area (Å²) in [5.41, 5.74) is 0.768. The number of nitrogens with zero attached hydrogens (tertiary/aromatic N) is 1. The predicted molar refractivity (Wildman–Crippen MR) is 93.7 cm³/mol. The molecular weight excluding hydrogens is 312 g/mol. The molecule has 1 aromatic carbocycles. The van der Waals surface area contributed by atoms with Crippen molar-refractivity contribution in [3.8, 4) is 0 Å². The van der Waals surface area contributed by atoms with Crippen LogP contribution >= 0.6 is 11.6 Å². The van der Waals surface area contributed by atoms with Crippen LogP contribution in [0.4, 0.5) is 5.69 Å². The molecule has 0 aliphatic heterocycles. The van der Waals surface area contributed by atoms with Crippen molar-refractivity contribution in [3.63, 3.8) is 0 Å². The first kappa shape index (κ1) is 17.8. The van der Waals surface area contributed by atoms with Crippen molar-refractivity contribution >= 4 is 29.1 Å². The van der Waals surface area contributed by atoms with Crippen molar-refractivity contribution in [3.05, 3.63) is 29.3 Å². The van der Waals surface area contributed by atoms with E-state index >= 15 is 0 Å². The molecule has 126 valence electrons. The number of carbonyl (C=O) groups is 2. The lowest BCUT2D eigenvalue weighted by Crippen LogP contribution is -2.38. The normalized spacial score (nSPS) is 15.7. The number of hydrogen-bond acceptors (Lipinski definition) is 2. The van der Waals surface area contributed by atoms with Crippen LogP contribution in [0.2, 0.25) is 5.02 Å². The van der Waals surface area contributed by atoms with Gasteiger partial charge in [-0.25, -0.2) is 0 Å². The third-order valence-electron chi connectivity index (χ3n) is 4.30. The molecular formula is C18H25ClN2O2. The molecule has 0 unspecified atom stereocenters. The van der Waals surface area contributed by atoms with E-state index < -0.39 is 0 Å². The van der Waals surface area contributed by atoms with E-state index in [9.17, 15) is 9.59 Å². The molecule has 5 heteroatoms. The van der Waals surface area contributed by atoms with Crippen molar-refractivity contribution in [2.45, 2.75) is 57.9 Å².